The monoisotopic (exact) mass is 294 g/mol. The van der Waals surface area contributed by atoms with Crippen LogP contribution in [0.15, 0.2) is 30.6 Å². The summed E-state index contributed by atoms with van der Waals surface area (Å²) in [5.41, 5.74) is 8.17. The number of nitrogens with zero attached hydrogens (tertiary/aromatic N) is 1. The van der Waals surface area contributed by atoms with E-state index in [-0.39, 0.29) is 12.7 Å². The van der Waals surface area contributed by atoms with Crippen LogP contribution in [0, 0.1) is 19.3 Å². The van der Waals surface area contributed by atoms with Crippen molar-refractivity contribution in [2.24, 2.45) is 5.73 Å². The molecule has 2 N–H and O–H groups in total. The molecule has 0 fully saturated rings. The Hall–Kier alpha value is -3.00. The van der Waals surface area contributed by atoms with Crippen LogP contribution in [0.3, 0.4) is 0 Å². The summed E-state index contributed by atoms with van der Waals surface area (Å²) in [6, 6.07) is 5.05. The topological polar surface area (TPSA) is 74.4 Å². The number of aromatic nitrogens is 1. The number of amides is 1. The van der Waals surface area contributed by atoms with Crippen molar-refractivity contribution in [2.75, 3.05) is 6.61 Å². The van der Waals surface area contributed by atoms with Gasteiger partial charge in [-0.25, -0.2) is 0 Å². The molecule has 1 aliphatic heterocycles. The minimum Gasteiger partial charge on any atom is -0.485 e. The van der Waals surface area contributed by atoms with Crippen LogP contribution >= 0.6 is 0 Å². The van der Waals surface area contributed by atoms with Gasteiger partial charge in [-0.05, 0) is 24.6 Å². The molecule has 22 heavy (non-hydrogen) atoms. The third-order valence-corrected chi connectivity index (χ3v) is 3.65. The average Bonchev–Trinajstić information content (AvgIpc) is 2.54. The number of pyridine rings is 1. The molecular formula is C17H14N2O3. The van der Waals surface area contributed by atoms with Gasteiger partial charge in [-0.1, -0.05) is 12.0 Å². The number of rotatable bonds is 2. The average molecular weight is 294 g/mol. The van der Waals surface area contributed by atoms with Gasteiger partial charge in [-0.2, -0.15) is 0 Å². The Labute approximate surface area is 128 Å². The SMILES string of the molecule is C#Cc1cncc(C2COc3c(cccc3C(N)=O)O2)c1C. The summed E-state index contributed by atoms with van der Waals surface area (Å²) in [5.74, 6) is 2.91. The van der Waals surface area contributed by atoms with Gasteiger partial charge in [0.25, 0.3) is 5.91 Å². The third kappa shape index (κ3) is 2.25. The smallest absolute Gasteiger partial charge is 0.252 e. The fourth-order valence-electron chi connectivity index (χ4n) is 2.46. The summed E-state index contributed by atoms with van der Waals surface area (Å²) in [6.45, 7) is 2.18. The fourth-order valence-corrected chi connectivity index (χ4v) is 2.46. The van der Waals surface area contributed by atoms with Crippen molar-refractivity contribution >= 4 is 5.91 Å². The van der Waals surface area contributed by atoms with Crippen molar-refractivity contribution in [3.05, 3.63) is 52.8 Å². The highest BCUT2D eigenvalue weighted by atomic mass is 16.6. The van der Waals surface area contributed by atoms with Crippen LogP contribution in [-0.4, -0.2) is 17.5 Å². The van der Waals surface area contributed by atoms with E-state index in [1.807, 2.05) is 6.92 Å². The molecule has 0 saturated carbocycles. The van der Waals surface area contributed by atoms with E-state index in [2.05, 4.69) is 10.9 Å². The first-order valence-electron chi connectivity index (χ1n) is 6.75. The highest BCUT2D eigenvalue weighted by Crippen LogP contribution is 2.39. The maximum Gasteiger partial charge on any atom is 0.252 e. The molecule has 5 nitrogen and oxygen atoms in total. The molecule has 110 valence electrons. The lowest BCUT2D eigenvalue weighted by molar-refractivity contribution is 0.0858. The molecule has 5 heteroatoms. The lowest BCUT2D eigenvalue weighted by Crippen LogP contribution is -2.25. The molecule has 1 aliphatic rings. The Balaban J connectivity index is 1.98. The van der Waals surface area contributed by atoms with E-state index >= 15 is 0 Å². The van der Waals surface area contributed by atoms with E-state index in [1.54, 1.807) is 30.6 Å². The van der Waals surface area contributed by atoms with Gasteiger partial charge < -0.3 is 15.2 Å². The number of carbonyl (C=O) groups excluding carboxylic acids is 1. The van der Waals surface area contributed by atoms with E-state index in [4.69, 9.17) is 21.6 Å². The Kier molecular flexibility index (Phi) is 3.43. The normalized spacial score (nSPS) is 15.9. The standard InChI is InChI=1S/C17H14N2O3/c1-3-11-7-19-8-13(10(11)2)15-9-21-16-12(17(18)20)5-4-6-14(16)22-15/h1,4-8,15H,9H2,2H3,(H2,18,20). The van der Waals surface area contributed by atoms with Crippen molar-refractivity contribution < 1.29 is 14.3 Å². The van der Waals surface area contributed by atoms with Crippen molar-refractivity contribution in [1.82, 2.24) is 4.98 Å². The van der Waals surface area contributed by atoms with Crippen LogP contribution in [0.2, 0.25) is 0 Å². The summed E-state index contributed by atoms with van der Waals surface area (Å²) < 4.78 is 11.7. The van der Waals surface area contributed by atoms with Gasteiger partial charge in [0.2, 0.25) is 0 Å². The van der Waals surface area contributed by atoms with Gasteiger partial charge in [0, 0.05) is 23.5 Å². The van der Waals surface area contributed by atoms with E-state index in [0.717, 1.165) is 16.7 Å². The van der Waals surface area contributed by atoms with Gasteiger partial charge in [0.05, 0.1) is 5.56 Å². The number of ether oxygens (including phenoxy) is 2. The maximum absolute atomic E-state index is 11.4. The Morgan fingerprint density at radius 3 is 3.00 bits per heavy atom. The molecule has 2 heterocycles. The van der Waals surface area contributed by atoms with Crippen LogP contribution in [-0.2, 0) is 0 Å². The Morgan fingerprint density at radius 2 is 2.27 bits per heavy atom. The van der Waals surface area contributed by atoms with Gasteiger partial charge in [0.15, 0.2) is 17.6 Å². The number of nitrogens with two attached hydrogens (primary N) is 1. The molecule has 0 aliphatic carbocycles. The van der Waals surface area contributed by atoms with Crippen molar-refractivity contribution in [3.8, 4) is 23.8 Å². The number of hydrogen-bond donors (Lipinski definition) is 1. The summed E-state index contributed by atoms with van der Waals surface area (Å²) in [5, 5.41) is 0. The zero-order valence-electron chi connectivity index (χ0n) is 12.0. The molecule has 0 saturated heterocycles. The van der Waals surface area contributed by atoms with E-state index < -0.39 is 5.91 Å². The lowest BCUT2D eigenvalue weighted by atomic mass is 10.0. The summed E-state index contributed by atoms with van der Waals surface area (Å²) in [7, 11) is 0. The number of para-hydroxylation sites is 1. The van der Waals surface area contributed by atoms with Gasteiger partial charge in [-0.3, -0.25) is 9.78 Å². The highest BCUT2D eigenvalue weighted by Gasteiger charge is 2.27. The number of primary amides is 1. The number of hydrogen-bond acceptors (Lipinski definition) is 4. The Morgan fingerprint density at radius 1 is 1.45 bits per heavy atom. The predicted octanol–water partition coefficient (Wildman–Crippen LogP) is 1.98. The second-order valence-electron chi connectivity index (χ2n) is 4.96. The molecule has 0 spiro atoms. The van der Waals surface area contributed by atoms with E-state index in [1.165, 1.54) is 0 Å². The van der Waals surface area contributed by atoms with E-state index in [9.17, 15) is 4.79 Å². The first-order chi connectivity index (χ1) is 10.6. The van der Waals surface area contributed by atoms with Crippen LogP contribution in [0.4, 0.5) is 0 Å². The first-order valence-corrected chi connectivity index (χ1v) is 6.75. The quantitative estimate of drug-likeness (QED) is 0.859. The number of terminal acetylenes is 1. The molecule has 1 atom stereocenters. The van der Waals surface area contributed by atoms with Crippen LogP contribution in [0.5, 0.6) is 11.5 Å². The summed E-state index contributed by atoms with van der Waals surface area (Å²) >= 11 is 0. The molecule has 1 aromatic carbocycles. The molecule has 0 bridgehead atoms. The van der Waals surface area contributed by atoms with E-state index in [0.29, 0.717) is 17.1 Å². The van der Waals surface area contributed by atoms with Crippen molar-refractivity contribution in [2.45, 2.75) is 13.0 Å². The van der Waals surface area contributed by atoms with Crippen LogP contribution < -0.4 is 15.2 Å². The molecule has 2 aromatic rings. The van der Waals surface area contributed by atoms with Gasteiger partial charge in [0.1, 0.15) is 6.61 Å². The number of fused-ring (bicyclic) bond motifs is 1. The molecule has 0 radical (unpaired) electrons. The largest absolute Gasteiger partial charge is 0.485 e. The minimum atomic E-state index is -0.550. The molecule has 1 aromatic heterocycles. The Bertz CT molecular complexity index is 793. The van der Waals surface area contributed by atoms with Crippen molar-refractivity contribution in [1.29, 1.82) is 0 Å². The first kappa shape index (κ1) is 14.0. The number of benzene rings is 1. The van der Waals surface area contributed by atoms with Gasteiger partial charge in [-0.15, -0.1) is 6.42 Å². The predicted molar refractivity (Wildman–Crippen MR) is 80.7 cm³/mol. The second-order valence-corrected chi connectivity index (χ2v) is 4.96. The van der Waals surface area contributed by atoms with Crippen LogP contribution in [0.1, 0.15) is 33.2 Å². The molecular weight excluding hydrogens is 280 g/mol. The fraction of sp³-hybridized carbons (Fsp3) is 0.176. The summed E-state index contributed by atoms with van der Waals surface area (Å²) in [4.78, 5) is 15.6. The molecule has 3 rings (SSSR count). The third-order valence-electron chi connectivity index (χ3n) is 3.65. The molecule has 1 amide bonds. The second kappa shape index (κ2) is 5.41. The van der Waals surface area contributed by atoms with Gasteiger partial charge >= 0.3 is 0 Å². The van der Waals surface area contributed by atoms with Crippen molar-refractivity contribution in [3.63, 3.8) is 0 Å². The highest BCUT2D eigenvalue weighted by molar-refractivity contribution is 5.96. The lowest BCUT2D eigenvalue weighted by Gasteiger charge is -2.28. The molecule has 1 unspecified atom stereocenters. The maximum atomic E-state index is 11.4. The van der Waals surface area contributed by atoms with Crippen LogP contribution in [0.25, 0.3) is 0 Å². The zero-order valence-corrected chi connectivity index (χ0v) is 12.0. The minimum absolute atomic E-state index is 0.258. The zero-order chi connectivity index (χ0) is 15.7. The summed E-state index contributed by atoms with van der Waals surface area (Å²) in [6.07, 6.45) is 8.48. The number of carbonyl (C=O) groups is 1.